The zero-order valence-electron chi connectivity index (χ0n) is 25.8. The van der Waals surface area contributed by atoms with Gasteiger partial charge in [-0.05, 0) is 49.9 Å². The van der Waals surface area contributed by atoms with E-state index >= 15 is 0 Å². The summed E-state index contributed by atoms with van der Waals surface area (Å²) in [5.74, 6) is 3.43. The van der Waals surface area contributed by atoms with Gasteiger partial charge in [0.15, 0.2) is 0 Å². The summed E-state index contributed by atoms with van der Waals surface area (Å²) in [4.78, 5) is 27.2. The summed E-state index contributed by atoms with van der Waals surface area (Å²) >= 11 is 0. The Balaban J connectivity index is 0.000000163. The summed E-state index contributed by atoms with van der Waals surface area (Å²) in [5.41, 5.74) is 6.36. The summed E-state index contributed by atoms with van der Waals surface area (Å²) in [6.45, 7) is 4.06. The number of hydrogen-bond donors (Lipinski definition) is 0. The SMILES string of the molecule is [Ir].[Ir].[c-]1ccccc1N1[CH-]N(c2ccccc2)c2nc3c(nc21)CCCC3.[c-]1ccccc1N1[CH-]N(c2ccccc2)c2nccnc21. The van der Waals surface area contributed by atoms with Gasteiger partial charge in [-0.2, -0.15) is 60.7 Å². The number of fused-ring (bicyclic) bond motifs is 3. The molecule has 0 bridgehead atoms. The molecule has 4 heterocycles. The van der Waals surface area contributed by atoms with Gasteiger partial charge in [0.2, 0.25) is 0 Å². The number of aryl methyl sites for hydroxylation is 2. The van der Waals surface area contributed by atoms with Gasteiger partial charge in [-0.3, -0.25) is 0 Å². The molecule has 4 aromatic carbocycles. The molecule has 0 atom stereocenters. The first kappa shape index (κ1) is 33.4. The van der Waals surface area contributed by atoms with Crippen LogP contribution in [0.5, 0.6) is 0 Å². The summed E-state index contributed by atoms with van der Waals surface area (Å²) in [6.07, 6.45) is 7.86. The molecule has 2 aliphatic heterocycles. The van der Waals surface area contributed by atoms with Gasteiger partial charge in [0.25, 0.3) is 0 Å². The molecule has 0 fully saturated rings. The van der Waals surface area contributed by atoms with E-state index in [9.17, 15) is 0 Å². The molecule has 244 valence electrons. The number of nitrogens with zero attached hydrogens (tertiary/aromatic N) is 8. The number of aromatic nitrogens is 4. The fourth-order valence-corrected chi connectivity index (χ4v) is 5.88. The summed E-state index contributed by atoms with van der Waals surface area (Å²) < 4.78 is 0. The molecule has 8 nitrogen and oxygen atoms in total. The Morgan fingerprint density at radius 3 is 1.38 bits per heavy atom. The van der Waals surface area contributed by atoms with Crippen LogP contribution in [0.25, 0.3) is 0 Å². The molecule has 0 saturated heterocycles. The monoisotopic (exact) mass is 984 g/mol. The standard InChI is InChI=1S/C21H18N4.C17H12N4.2Ir/c1-3-9-16(10-4-1)24-15-25(17-11-5-2-6-12-17)21-20(24)22-18-13-7-8-14-19(18)23-21;1-3-7-14(8-4-1)20-13-21(15-9-5-2-6-10-15)17-16(20)18-11-12-19-17;;/h1-6,9-11,15H,7-8,13-14H2;1-9,11-13H;;/q2*-2;;. The van der Waals surface area contributed by atoms with Gasteiger partial charge in [-0.1, -0.05) is 36.4 Å². The molecule has 0 unspecified atom stereocenters. The van der Waals surface area contributed by atoms with Gasteiger partial charge >= 0.3 is 0 Å². The second-order valence-electron chi connectivity index (χ2n) is 11.1. The molecular weight excluding hydrogens is 953 g/mol. The van der Waals surface area contributed by atoms with Gasteiger partial charge in [-0.25, -0.2) is 19.9 Å². The van der Waals surface area contributed by atoms with Gasteiger partial charge in [-0.15, -0.1) is 24.7 Å². The average Bonchev–Trinajstić information content (AvgIpc) is 3.71. The summed E-state index contributed by atoms with van der Waals surface area (Å²) in [5, 5.41) is 0. The molecule has 9 rings (SSSR count). The maximum Gasteiger partial charge on any atom is 0.146 e. The summed E-state index contributed by atoms with van der Waals surface area (Å²) in [6, 6.07) is 42.8. The zero-order chi connectivity index (χ0) is 30.7. The number of anilines is 8. The van der Waals surface area contributed by atoms with Crippen LogP contribution in [0, 0.1) is 25.5 Å². The van der Waals surface area contributed by atoms with Crippen LogP contribution in [0.4, 0.5) is 46.0 Å². The molecule has 3 aliphatic rings. The van der Waals surface area contributed by atoms with Crippen molar-refractivity contribution >= 4 is 46.0 Å². The maximum absolute atomic E-state index is 5.00. The molecular formula is C38H30Ir2N8-4. The van der Waals surface area contributed by atoms with E-state index in [0.29, 0.717) is 0 Å². The van der Waals surface area contributed by atoms with Crippen molar-refractivity contribution in [1.29, 1.82) is 0 Å². The van der Waals surface area contributed by atoms with Crippen LogP contribution in [-0.2, 0) is 53.1 Å². The van der Waals surface area contributed by atoms with E-state index in [1.807, 2.05) is 107 Å². The predicted octanol–water partition coefficient (Wildman–Crippen LogP) is 8.25. The predicted molar refractivity (Wildman–Crippen MR) is 181 cm³/mol. The van der Waals surface area contributed by atoms with Crippen LogP contribution in [0.3, 0.4) is 0 Å². The quantitative estimate of drug-likeness (QED) is 0.164. The average molecular weight is 983 g/mol. The van der Waals surface area contributed by atoms with Crippen molar-refractivity contribution in [2.75, 3.05) is 19.6 Å². The Bertz CT molecular complexity index is 1790. The van der Waals surface area contributed by atoms with Crippen LogP contribution in [0.1, 0.15) is 24.2 Å². The van der Waals surface area contributed by atoms with Gasteiger partial charge in [0.1, 0.15) is 23.3 Å². The van der Waals surface area contributed by atoms with Gasteiger partial charge < -0.3 is 19.6 Å². The number of para-hydroxylation sites is 4. The topological polar surface area (TPSA) is 64.5 Å². The Morgan fingerprint density at radius 1 is 0.479 bits per heavy atom. The fourth-order valence-electron chi connectivity index (χ4n) is 5.88. The van der Waals surface area contributed by atoms with Gasteiger partial charge in [0, 0.05) is 64.0 Å². The summed E-state index contributed by atoms with van der Waals surface area (Å²) in [7, 11) is 0. The molecule has 48 heavy (non-hydrogen) atoms. The van der Waals surface area contributed by atoms with Crippen molar-refractivity contribution in [3.05, 3.63) is 158 Å². The van der Waals surface area contributed by atoms with Crippen molar-refractivity contribution < 1.29 is 40.2 Å². The third-order valence-electron chi connectivity index (χ3n) is 8.10. The first-order valence-corrected chi connectivity index (χ1v) is 15.4. The van der Waals surface area contributed by atoms with Crippen LogP contribution in [-0.4, -0.2) is 19.9 Å². The Hall–Kier alpha value is -4.46. The molecule has 0 spiro atoms. The Morgan fingerprint density at radius 2 is 0.896 bits per heavy atom. The van der Waals surface area contributed by atoms with Crippen molar-refractivity contribution in [3.8, 4) is 0 Å². The molecule has 0 saturated carbocycles. The first-order valence-electron chi connectivity index (χ1n) is 15.4. The number of benzene rings is 4. The molecule has 10 heteroatoms. The smallest absolute Gasteiger partial charge is 0.146 e. The minimum atomic E-state index is 0. The van der Waals surface area contributed by atoms with Crippen molar-refractivity contribution in [2.24, 2.45) is 0 Å². The van der Waals surface area contributed by atoms with Crippen molar-refractivity contribution in [1.82, 2.24) is 19.9 Å². The maximum atomic E-state index is 5.00. The van der Waals surface area contributed by atoms with E-state index in [4.69, 9.17) is 9.97 Å². The van der Waals surface area contributed by atoms with Crippen molar-refractivity contribution in [3.63, 3.8) is 0 Å². The third kappa shape index (κ3) is 6.62. The van der Waals surface area contributed by atoms with E-state index in [-0.39, 0.29) is 40.2 Å². The van der Waals surface area contributed by atoms with E-state index in [0.717, 1.165) is 70.3 Å². The number of rotatable bonds is 4. The second kappa shape index (κ2) is 15.2. The Labute approximate surface area is 308 Å². The molecule has 2 radical (unpaired) electrons. The van der Waals surface area contributed by atoms with E-state index in [1.54, 1.807) is 12.4 Å². The van der Waals surface area contributed by atoms with Crippen LogP contribution in [0.2, 0.25) is 0 Å². The molecule has 6 aromatic rings. The number of hydrogen-bond acceptors (Lipinski definition) is 8. The first-order chi connectivity index (χ1) is 22.8. The fraction of sp³-hybridized carbons (Fsp3) is 0.105. The molecule has 0 N–H and O–H groups in total. The molecule has 2 aromatic heterocycles. The van der Waals surface area contributed by atoms with Gasteiger partial charge in [0.05, 0.1) is 11.4 Å². The molecule has 0 amide bonds. The normalized spacial score (nSPS) is 14.1. The van der Waals surface area contributed by atoms with Crippen LogP contribution in [0.15, 0.2) is 122 Å². The van der Waals surface area contributed by atoms with E-state index in [1.165, 1.54) is 12.8 Å². The minimum Gasteiger partial charge on any atom is -0.477 e. The van der Waals surface area contributed by atoms with E-state index in [2.05, 4.69) is 56.8 Å². The third-order valence-corrected chi connectivity index (χ3v) is 8.10. The largest absolute Gasteiger partial charge is 0.477 e. The molecule has 1 aliphatic carbocycles. The minimum absolute atomic E-state index is 0. The van der Waals surface area contributed by atoms with Crippen LogP contribution < -0.4 is 19.6 Å². The second-order valence-corrected chi connectivity index (χ2v) is 11.1. The van der Waals surface area contributed by atoms with Crippen LogP contribution >= 0.6 is 0 Å². The van der Waals surface area contributed by atoms with Crippen molar-refractivity contribution in [2.45, 2.75) is 25.7 Å². The van der Waals surface area contributed by atoms with E-state index < -0.39 is 0 Å². The zero-order valence-corrected chi connectivity index (χ0v) is 30.6. The Kier molecular flexibility index (Phi) is 10.6.